The summed E-state index contributed by atoms with van der Waals surface area (Å²) in [6.45, 7) is 11.5. The number of fused-ring (bicyclic) bond motifs is 1. The lowest BCUT2D eigenvalue weighted by Crippen LogP contribution is -2.62. The molecule has 8 atom stereocenters. The van der Waals surface area contributed by atoms with E-state index >= 15 is 0 Å². The Balaban J connectivity index is 1.23. The maximum atomic E-state index is 13.0. The molecule has 6 rings (SSSR count). The van der Waals surface area contributed by atoms with Crippen LogP contribution in [0.2, 0.25) is 0 Å². The van der Waals surface area contributed by atoms with Crippen LogP contribution in [0.25, 0.3) is 6.08 Å². The van der Waals surface area contributed by atoms with E-state index in [2.05, 4.69) is 44.1 Å². The van der Waals surface area contributed by atoms with Crippen molar-refractivity contribution in [1.29, 1.82) is 0 Å². The van der Waals surface area contributed by atoms with Gasteiger partial charge < -0.3 is 25.0 Å². The van der Waals surface area contributed by atoms with Crippen molar-refractivity contribution in [2.24, 2.45) is 32.7 Å². The number of esters is 1. The third-order valence-corrected chi connectivity index (χ3v) is 11.3. The average Bonchev–Trinajstić information content (AvgIpc) is 3.86. The number of ether oxygens (including phenoxy) is 1. The molecule has 262 valence electrons. The fourth-order valence-electron chi connectivity index (χ4n) is 8.37. The Hall–Kier alpha value is -4.04. The highest BCUT2D eigenvalue weighted by Gasteiger charge is 2.59. The van der Waals surface area contributed by atoms with Crippen LogP contribution in [-0.2, 0) is 14.3 Å². The number of aliphatic hydroxyl groups is 3. The number of hydrogen-bond donors (Lipinski definition) is 5. The molecular formula is C36H47N7O6. The minimum Gasteiger partial charge on any atom is -0.423 e. The molecule has 4 heterocycles. The van der Waals surface area contributed by atoms with E-state index in [1.54, 1.807) is 43.8 Å². The highest BCUT2D eigenvalue weighted by Crippen LogP contribution is 2.61. The molecule has 0 radical (unpaired) electrons. The van der Waals surface area contributed by atoms with E-state index in [4.69, 9.17) is 4.74 Å². The lowest BCUT2D eigenvalue weighted by Gasteiger charge is -2.61. The van der Waals surface area contributed by atoms with Crippen molar-refractivity contribution in [3.63, 3.8) is 0 Å². The molecule has 13 nitrogen and oxygen atoms in total. The molecule has 5 aliphatic rings. The van der Waals surface area contributed by atoms with Crippen molar-refractivity contribution in [3.8, 4) is 0 Å². The van der Waals surface area contributed by atoms with Crippen LogP contribution in [0.4, 0.5) is 5.95 Å². The van der Waals surface area contributed by atoms with Gasteiger partial charge in [0, 0.05) is 48.1 Å². The predicted octanol–water partition coefficient (Wildman–Crippen LogP) is 2.07. The molecule has 1 amide bonds. The fourth-order valence-corrected chi connectivity index (χ4v) is 8.37. The number of aliphatic hydroxyl groups excluding tert-OH is 3. The van der Waals surface area contributed by atoms with E-state index in [9.17, 15) is 24.9 Å². The minimum atomic E-state index is -0.772. The smallest absolute Gasteiger partial charge is 0.343 e. The van der Waals surface area contributed by atoms with Crippen LogP contribution in [-0.4, -0.2) is 99.9 Å². The molecule has 2 saturated carbocycles. The average molecular weight is 674 g/mol. The zero-order valence-electron chi connectivity index (χ0n) is 28.4. The van der Waals surface area contributed by atoms with Gasteiger partial charge in [-0.2, -0.15) is 0 Å². The lowest BCUT2D eigenvalue weighted by atomic mass is 9.45. The van der Waals surface area contributed by atoms with Gasteiger partial charge in [-0.25, -0.2) is 24.7 Å². The largest absolute Gasteiger partial charge is 0.423 e. The number of amides is 1. The number of carbonyl (C=O) groups is 2. The zero-order chi connectivity index (χ0) is 34.9. The van der Waals surface area contributed by atoms with Gasteiger partial charge in [-0.1, -0.05) is 38.2 Å². The van der Waals surface area contributed by atoms with Crippen LogP contribution in [0.15, 0.2) is 64.1 Å². The Bertz CT molecular complexity index is 1620. The molecule has 13 heteroatoms. The number of anilines is 1. The molecule has 5 unspecified atom stereocenters. The second-order valence-corrected chi connectivity index (χ2v) is 14.4. The first-order valence-corrected chi connectivity index (χ1v) is 17.1. The summed E-state index contributed by atoms with van der Waals surface area (Å²) in [4.78, 5) is 45.2. The van der Waals surface area contributed by atoms with Crippen LogP contribution in [0.3, 0.4) is 0 Å². The summed E-state index contributed by atoms with van der Waals surface area (Å²) >= 11 is 0. The number of carbonyl (C=O) groups excluding carboxylic acids is 2. The van der Waals surface area contributed by atoms with Gasteiger partial charge in [0.2, 0.25) is 17.8 Å². The maximum Gasteiger partial charge on any atom is 0.343 e. The molecule has 2 aliphatic carbocycles. The fraction of sp³-hybridized carbons (Fsp3) is 0.556. The Morgan fingerprint density at radius 2 is 2.02 bits per heavy atom. The topological polar surface area (TPSA) is 182 Å². The number of cyclic esters (lactones) is 1. The van der Waals surface area contributed by atoms with Crippen molar-refractivity contribution in [1.82, 2.24) is 20.6 Å². The van der Waals surface area contributed by atoms with Crippen molar-refractivity contribution >= 4 is 36.1 Å². The first-order valence-electron chi connectivity index (χ1n) is 17.1. The molecule has 1 aromatic rings. The number of allylic oxidation sites excluding steroid dienone is 2. The van der Waals surface area contributed by atoms with E-state index in [0.29, 0.717) is 48.7 Å². The van der Waals surface area contributed by atoms with Crippen molar-refractivity contribution < 1.29 is 29.6 Å². The second kappa shape index (κ2) is 14.1. The SMILES string of the molecule is C=C1C(NC(C)C(=O)NC2=NCC=N2)CC2[C@](C)(CC[C@@H](O)[C@@]2(C)CO)C1/C=C/C1=CC(=C\c2cnc(N3CCCC3CO)nc2)/OC1=O. The van der Waals surface area contributed by atoms with Crippen LogP contribution < -0.4 is 15.5 Å². The van der Waals surface area contributed by atoms with Crippen LogP contribution in [0.1, 0.15) is 58.4 Å². The molecule has 1 saturated heterocycles. The molecule has 49 heavy (non-hydrogen) atoms. The third kappa shape index (κ3) is 6.77. The summed E-state index contributed by atoms with van der Waals surface area (Å²) in [6, 6.07) is -0.894. The molecule has 1 aromatic heterocycles. The molecular weight excluding hydrogens is 626 g/mol. The predicted molar refractivity (Wildman–Crippen MR) is 185 cm³/mol. The van der Waals surface area contributed by atoms with Gasteiger partial charge in [0.05, 0.1) is 43.5 Å². The van der Waals surface area contributed by atoms with Gasteiger partial charge in [-0.3, -0.25) is 15.4 Å². The van der Waals surface area contributed by atoms with Gasteiger partial charge >= 0.3 is 5.97 Å². The first-order chi connectivity index (χ1) is 23.5. The highest BCUT2D eigenvalue weighted by molar-refractivity contribution is 6.04. The molecule has 0 aromatic carbocycles. The minimum absolute atomic E-state index is 0.0206. The molecule has 5 N–H and O–H groups in total. The zero-order valence-corrected chi connectivity index (χ0v) is 28.4. The maximum absolute atomic E-state index is 13.0. The Labute approximate surface area is 286 Å². The molecule has 3 aliphatic heterocycles. The van der Waals surface area contributed by atoms with Gasteiger partial charge in [-0.05, 0) is 62.5 Å². The van der Waals surface area contributed by atoms with Crippen LogP contribution in [0, 0.1) is 22.7 Å². The van der Waals surface area contributed by atoms with Crippen LogP contribution >= 0.6 is 0 Å². The number of rotatable bonds is 9. The van der Waals surface area contributed by atoms with Crippen LogP contribution in [0.5, 0.6) is 0 Å². The quantitative estimate of drug-likeness (QED) is 0.192. The van der Waals surface area contributed by atoms with E-state index in [1.807, 2.05) is 17.9 Å². The standard InChI is InChI=1S/C36H47N7O6/c1-21-27(8-7-24-15-26(49-32(24)48)14-23-17-39-34(40-18-23)43-13-5-6-25(43)19-44)35(3)10-9-30(46)36(4,20-45)29(35)16-28(21)41-22(2)31(47)42-33-37-11-12-38-33/h7-8,11,14-15,17-18,22,25,27-30,41,44-46H,1,5-6,9-10,12-13,16,19-20H2,2-4H3,(H,38,42,47)/b8-7+,26-14+/t22?,25?,27?,28?,29?,30-,35-,36+/m1/s1. The summed E-state index contributed by atoms with van der Waals surface area (Å²) in [5.74, 6) is 0.0928. The number of aliphatic imine (C=N–C) groups is 2. The lowest BCUT2D eigenvalue weighted by molar-refractivity contribution is -0.149. The van der Waals surface area contributed by atoms with Gasteiger partial charge in [-0.15, -0.1) is 0 Å². The first kappa shape index (κ1) is 34.8. The number of aromatic nitrogens is 2. The van der Waals surface area contributed by atoms with Crippen molar-refractivity contribution in [3.05, 3.63) is 59.7 Å². The van der Waals surface area contributed by atoms with Gasteiger partial charge in [0.25, 0.3) is 0 Å². The summed E-state index contributed by atoms with van der Waals surface area (Å²) in [5.41, 5.74) is 0.759. The number of nitrogens with zero attached hydrogens (tertiary/aromatic N) is 5. The van der Waals surface area contributed by atoms with Crippen molar-refractivity contribution in [2.45, 2.75) is 77.1 Å². The van der Waals surface area contributed by atoms with E-state index < -0.39 is 23.5 Å². The van der Waals surface area contributed by atoms with Gasteiger partial charge in [0.1, 0.15) is 5.76 Å². The second-order valence-electron chi connectivity index (χ2n) is 14.4. The highest BCUT2D eigenvalue weighted by atomic mass is 16.5. The molecule has 0 bridgehead atoms. The number of nitrogens with one attached hydrogen (secondary N) is 2. The van der Waals surface area contributed by atoms with Gasteiger partial charge in [0.15, 0.2) is 0 Å². The summed E-state index contributed by atoms with van der Waals surface area (Å²) < 4.78 is 5.57. The molecule has 0 spiro atoms. The van der Waals surface area contributed by atoms with Crippen molar-refractivity contribution in [2.75, 3.05) is 31.2 Å². The van der Waals surface area contributed by atoms with E-state index in [-0.39, 0.29) is 54.4 Å². The summed E-state index contributed by atoms with van der Waals surface area (Å²) in [7, 11) is 0. The Morgan fingerprint density at radius 3 is 2.71 bits per heavy atom. The number of hydrogen-bond acceptors (Lipinski definition) is 12. The van der Waals surface area contributed by atoms with E-state index in [1.165, 1.54) is 0 Å². The Kier molecular flexibility index (Phi) is 9.99. The molecule has 3 fully saturated rings. The van der Waals surface area contributed by atoms with E-state index in [0.717, 1.165) is 25.0 Å². The number of guanidine groups is 1. The monoisotopic (exact) mass is 673 g/mol. The Morgan fingerprint density at radius 1 is 1.24 bits per heavy atom. The third-order valence-electron chi connectivity index (χ3n) is 11.3. The summed E-state index contributed by atoms with van der Waals surface area (Å²) in [6.07, 6.45) is 15.1. The summed E-state index contributed by atoms with van der Waals surface area (Å²) in [5, 5.41) is 37.6. The normalized spacial score (nSPS) is 34.3.